The number of rotatable bonds is 5. The number of likely N-dealkylation sites (tertiary alicyclic amines) is 1. The molecule has 3 aliphatic rings. The van der Waals surface area contributed by atoms with Gasteiger partial charge in [0, 0.05) is 31.6 Å². The second-order valence-corrected chi connectivity index (χ2v) is 9.46. The van der Waals surface area contributed by atoms with E-state index in [-0.39, 0.29) is 24.4 Å². The molecule has 1 N–H and O–H groups in total. The molecule has 5 rings (SSSR count). The number of nitrogens with one attached hydrogen (secondary N) is 1. The molecule has 3 aliphatic heterocycles. The van der Waals surface area contributed by atoms with Gasteiger partial charge in [-0.3, -0.25) is 14.5 Å². The zero-order chi connectivity index (χ0) is 23.8. The van der Waals surface area contributed by atoms with E-state index in [2.05, 4.69) is 5.32 Å². The zero-order valence-corrected chi connectivity index (χ0v) is 19.8. The SMILES string of the molecule is CN1C(=O)NC(c2ccc(Cl)cc2)C2=C1CN(C(Cc1ccccc1)C(=O)N1CCCC1)C2=O. The van der Waals surface area contributed by atoms with Crippen molar-refractivity contribution in [3.05, 3.63) is 82.0 Å². The lowest BCUT2D eigenvalue weighted by atomic mass is 9.95. The summed E-state index contributed by atoms with van der Waals surface area (Å²) in [6.45, 7) is 1.65. The van der Waals surface area contributed by atoms with E-state index < -0.39 is 12.1 Å². The summed E-state index contributed by atoms with van der Waals surface area (Å²) in [5.41, 5.74) is 2.92. The van der Waals surface area contributed by atoms with Crippen LogP contribution < -0.4 is 5.32 Å². The lowest BCUT2D eigenvalue weighted by Gasteiger charge is -2.31. The van der Waals surface area contributed by atoms with Crippen LogP contribution >= 0.6 is 11.6 Å². The van der Waals surface area contributed by atoms with Crippen LogP contribution in [0.4, 0.5) is 4.79 Å². The summed E-state index contributed by atoms with van der Waals surface area (Å²) < 4.78 is 0. The average molecular weight is 479 g/mol. The summed E-state index contributed by atoms with van der Waals surface area (Å²) >= 11 is 6.06. The van der Waals surface area contributed by atoms with Gasteiger partial charge in [-0.1, -0.05) is 54.1 Å². The minimum atomic E-state index is -0.632. The third-order valence-electron chi connectivity index (χ3n) is 6.94. The van der Waals surface area contributed by atoms with Crippen LogP contribution in [0, 0.1) is 0 Å². The van der Waals surface area contributed by atoms with Gasteiger partial charge in [0.1, 0.15) is 6.04 Å². The summed E-state index contributed by atoms with van der Waals surface area (Å²) in [4.78, 5) is 45.3. The Labute approximate surface area is 204 Å². The van der Waals surface area contributed by atoms with Crippen LogP contribution in [-0.4, -0.2) is 65.3 Å². The molecular weight excluding hydrogens is 452 g/mol. The normalized spacial score (nSPS) is 21.1. The molecule has 2 atom stereocenters. The molecule has 8 heteroatoms. The Kier molecular flexibility index (Phi) is 6.04. The summed E-state index contributed by atoms with van der Waals surface area (Å²) in [7, 11) is 1.66. The van der Waals surface area contributed by atoms with Crippen molar-refractivity contribution in [1.82, 2.24) is 20.0 Å². The van der Waals surface area contributed by atoms with Gasteiger partial charge in [-0.15, -0.1) is 0 Å². The smallest absolute Gasteiger partial charge is 0.322 e. The van der Waals surface area contributed by atoms with Crippen molar-refractivity contribution >= 4 is 29.4 Å². The fourth-order valence-electron chi connectivity index (χ4n) is 5.06. The molecule has 7 nitrogen and oxygen atoms in total. The van der Waals surface area contributed by atoms with Crippen molar-refractivity contribution in [3.63, 3.8) is 0 Å². The first-order valence-corrected chi connectivity index (χ1v) is 12.0. The first kappa shape index (κ1) is 22.5. The summed E-state index contributed by atoms with van der Waals surface area (Å²) in [6.07, 6.45) is 2.39. The largest absolute Gasteiger partial charge is 0.341 e. The van der Waals surface area contributed by atoms with Crippen molar-refractivity contribution in [2.24, 2.45) is 0 Å². The molecule has 0 bridgehead atoms. The van der Waals surface area contributed by atoms with Crippen molar-refractivity contribution in [2.45, 2.75) is 31.3 Å². The third-order valence-corrected chi connectivity index (χ3v) is 7.19. The number of likely N-dealkylation sites (N-methyl/N-ethyl adjacent to an activating group) is 1. The average Bonchev–Trinajstić information content (AvgIpc) is 3.50. The number of hydrogen-bond acceptors (Lipinski definition) is 3. The van der Waals surface area contributed by atoms with Crippen molar-refractivity contribution in [3.8, 4) is 0 Å². The quantitative estimate of drug-likeness (QED) is 0.716. The maximum absolute atomic E-state index is 13.9. The fourth-order valence-corrected chi connectivity index (χ4v) is 5.19. The van der Waals surface area contributed by atoms with Gasteiger partial charge in [-0.25, -0.2) is 4.79 Å². The predicted octanol–water partition coefficient (Wildman–Crippen LogP) is 3.37. The maximum Gasteiger partial charge on any atom is 0.322 e. The molecule has 3 heterocycles. The van der Waals surface area contributed by atoms with Crippen molar-refractivity contribution in [1.29, 1.82) is 0 Å². The maximum atomic E-state index is 13.9. The Hall–Kier alpha value is -3.32. The molecule has 34 heavy (non-hydrogen) atoms. The first-order valence-electron chi connectivity index (χ1n) is 11.6. The topological polar surface area (TPSA) is 73.0 Å². The van der Waals surface area contributed by atoms with Gasteiger partial charge in [0.2, 0.25) is 5.91 Å². The van der Waals surface area contributed by atoms with Crippen LogP contribution in [0.3, 0.4) is 0 Å². The fraction of sp³-hybridized carbons (Fsp3) is 0.346. The Morgan fingerprint density at radius 3 is 2.41 bits per heavy atom. The Morgan fingerprint density at radius 2 is 1.74 bits per heavy atom. The number of urea groups is 1. The Bertz CT molecular complexity index is 1140. The molecule has 0 aliphatic carbocycles. The lowest BCUT2D eigenvalue weighted by molar-refractivity contribution is -0.142. The van der Waals surface area contributed by atoms with E-state index in [9.17, 15) is 14.4 Å². The number of amides is 4. The van der Waals surface area contributed by atoms with Crippen LogP contribution in [0.25, 0.3) is 0 Å². The molecule has 1 fully saturated rings. The van der Waals surface area contributed by atoms with Crippen LogP contribution in [-0.2, 0) is 16.0 Å². The van der Waals surface area contributed by atoms with Gasteiger partial charge in [0.15, 0.2) is 0 Å². The van der Waals surface area contributed by atoms with Crippen LogP contribution in [0.1, 0.15) is 30.0 Å². The number of nitrogens with zero attached hydrogens (tertiary/aromatic N) is 3. The van der Waals surface area contributed by atoms with E-state index in [4.69, 9.17) is 11.6 Å². The van der Waals surface area contributed by atoms with Gasteiger partial charge in [0.05, 0.1) is 23.9 Å². The van der Waals surface area contributed by atoms with E-state index in [1.165, 1.54) is 4.90 Å². The summed E-state index contributed by atoms with van der Waals surface area (Å²) in [6, 6.07) is 15.4. The van der Waals surface area contributed by atoms with Crippen LogP contribution in [0.15, 0.2) is 65.9 Å². The number of hydrogen-bond donors (Lipinski definition) is 1. The Morgan fingerprint density at radius 1 is 1.06 bits per heavy atom. The molecule has 4 amide bonds. The van der Waals surface area contributed by atoms with Gasteiger partial charge >= 0.3 is 6.03 Å². The van der Waals surface area contributed by atoms with E-state index >= 15 is 0 Å². The predicted molar refractivity (Wildman–Crippen MR) is 129 cm³/mol. The van der Waals surface area contributed by atoms with Crippen LogP contribution in [0.5, 0.6) is 0 Å². The minimum absolute atomic E-state index is 0.0282. The summed E-state index contributed by atoms with van der Waals surface area (Å²) in [5, 5.41) is 3.52. The zero-order valence-electron chi connectivity index (χ0n) is 19.0. The van der Waals surface area contributed by atoms with Crippen LogP contribution in [0.2, 0.25) is 5.02 Å². The number of halogens is 1. The van der Waals surface area contributed by atoms with Gasteiger partial charge in [0.25, 0.3) is 5.91 Å². The highest BCUT2D eigenvalue weighted by molar-refractivity contribution is 6.30. The molecule has 0 radical (unpaired) electrons. The molecular formula is C26H27ClN4O3. The number of carbonyl (C=O) groups excluding carboxylic acids is 3. The standard InChI is InChI=1S/C26H27ClN4O3/c1-29-21-16-31(20(15-17-7-3-2-4-8-17)24(32)30-13-5-6-14-30)25(33)22(21)23(28-26(29)34)18-9-11-19(27)12-10-18/h2-4,7-12,20,23H,5-6,13-16H2,1H3,(H,28,34). The van der Waals surface area contributed by atoms with E-state index in [1.54, 1.807) is 24.1 Å². The number of carbonyl (C=O) groups is 3. The van der Waals surface area contributed by atoms with E-state index in [1.807, 2.05) is 47.4 Å². The van der Waals surface area contributed by atoms with Gasteiger partial charge in [-0.05, 0) is 36.1 Å². The third kappa shape index (κ3) is 4.05. The second kappa shape index (κ2) is 9.14. The van der Waals surface area contributed by atoms with Gasteiger partial charge in [-0.2, -0.15) is 0 Å². The molecule has 0 aromatic heterocycles. The first-order chi connectivity index (χ1) is 16.4. The van der Waals surface area contributed by atoms with Crippen molar-refractivity contribution < 1.29 is 14.4 Å². The highest BCUT2D eigenvalue weighted by Crippen LogP contribution is 2.37. The van der Waals surface area contributed by atoms with E-state index in [0.29, 0.717) is 35.8 Å². The molecule has 2 unspecified atom stereocenters. The lowest BCUT2D eigenvalue weighted by Crippen LogP contribution is -2.50. The molecule has 2 aromatic carbocycles. The molecule has 176 valence electrons. The number of benzene rings is 2. The van der Waals surface area contributed by atoms with E-state index in [0.717, 1.165) is 24.0 Å². The minimum Gasteiger partial charge on any atom is -0.341 e. The monoisotopic (exact) mass is 478 g/mol. The highest BCUT2D eigenvalue weighted by atomic mass is 35.5. The summed E-state index contributed by atoms with van der Waals surface area (Å²) in [5.74, 6) is -0.241. The Balaban J connectivity index is 1.50. The molecule has 2 aromatic rings. The molecule has 1 saturated heterocycles. The van der Waals surface area contributed by atoms with Crippen molar-refractivity contribution in [2.75, 3.05) is 26.7 Å². The molecule has 0 saturated carbocycles. The highest BCUT2D eigenvalue weighted by Gasteiger charge is 2.47. The van der Waals surface area contributed by atoms with Gasteiger partial charge < -0.3 is 15.1 Å². The molecule has 0 spiro atoms. The second-order valence-electron chi connectivity index (χ2n) is 9.02.